The van der Waals surface area contributed by atoms with Crippen LogP contribution >= 0.6 is 0 Å². The molecular weight excluding hydrogens is 454 g/mol. The maximum Gasteiger partial charge on any atom is 0.251 e. The number of ether oxygens (including phenoxy) is 1. The second-order valence-electron chi connectivity index (χ2n) is 8.41. The fraction of sp³-hybridized carbons (Fsp3) is 0.333. The minimum atomic E-state index is -0.0825. The van der Waals surface area contributed by atoms with E-state index in [-0.39, 0.29) is 5.91 Å². The first-order chi connectivity index (χ1) is 17.7. The van der Waals surface area contributed by atoms with Gasteiger partial charge in [-0.3, -0.25) is 14.7 Å². The van der Waals surface area contributed by atoms with Crippen LogP contribution in [0.4, 0.5) is 5.82 Å². The van der Waals surface area contributed by atoms with Gasteiger partial charge in [-0.15, -0.1) is 0 Å². The van der Waals surface area contributed by atoms with Gasteiger partial charge < -0.3 is 15.4 Å². The molecule has 1 saturated heterocycles. The Morgan fingerprint density at radius 2 is 1.94 bits per heavy atom. The SMILES string of the molecule is C=Nc1c(-c2ccc(C(=O)NCCN3CCOCC3)cc2)cnn1/C(=C\C)NCCc1ccccn1. The number of carbonyl (C=O) groups excluding carboxylic acids is 1. The van der Waals surface area contributed by atoms with Crippen molar-refractivity contribution in [2.75, 3.05) is 45.9 Å². The van der Waals surface area contributed by atoms with E-state index in [0.717, 1.165) is 61.9 Å². The van der Waals surface area contributed by atoms with Crippen LogP contribution in [0, 0.1) is 0 Å². The van der Waals surface area contributed by atoms with Crippen LogP contribution in [-0.2, 0) is 11.2 Å². The predicted molar refractivity (Wildman–Crippen MR) is 142 cm³/mol. The van der Waals surface area contributed by atoms with Crippen LogP contribution in [0.1, 0.15) is 23.0 Å². The Balaban J connectivity index is 1.37. The van der Waals surface area contributed by atoms with E-state index in [4.69, 9.17) is 4.74 Å². The molecular formula is C27H33N7O2. The van der Waals surface area contributed by atoms with Crippen LogP contribution in [0.25, 0.3) is 16.9 Å². The molecule has 0 atom stereocenters. The summed E-state index contributed by atoms with van der Waals surface area (Å²) in [5, 5.41) is 11.0. The molecule has 0 saturated carbocycles. The third-order valence-electron chi connectivity index (χ3n) is 6.08. The summed E-state index contributed by atoms with van der Waals surface area (Å²) in [6, 6.07) is 13.4. The maximum absolute atomic E-state index is 12.6. The summed E-state index contributed by atoms with van der Waals surface area (Å²) in [5.74, 6) is 1.37. The van der Waals surface area contributed by atoms with E-state index >= 15 is 0 Å². The monoisotopic (exact) mass is 487 g/mol. The highest BCUT2D eigenvalue weighted by Crippen LogP contribution is 2.31. The zero-order valence-electron chi connectivity index (χ0n) is 20.7. The molecule has 0 spiro atoms. The summed E-state index contributed by atoms with van der Waals surface area (Å²) < 4.78 is 7.10. The van der Waals surface area contributed by atoms with Gasteiger partial charge in [-0.2, -0.15) is 9.78 Å². The molecule has 1 aromatic carbocycles. The fourth-order valence-electron chi connectivity index (χ4n) is 4.09. The summed E-state index contributed by atoms with van der Waals surface area (Å²) in [5.41, 5.74) is 3.40. The molecule has 0 radical (unpaired) electrons. The van der Waals surface area contributed by atoms with Crippen molar-refractivity contribution in [3.63, 3.8) is 0 Å². The lowest BCUT2D eigenvalue weighted by atomic mass is 10.1. The lowest BCUT2D eigenvalue weighted by Gasteiger charge is -2.26. The van der Waals surface area contributed by atoms with Crippen molar-refractivity contribution in [3.05, 3.63) is 72.2 Å². The summed E-state index contributed by atoms with van der Waals surface area (Å²) in [6.07, 6.45) is 6.31. The molecule has 1 aliphatic heterocycles. The Morgan fingerprint density at radius 3 is 2.64 bits per heavy atom. The molecule has 4 rings (SSSR count). The topological polar surface area (TPSA) is 96.7 Å². The molecule has 9 heteroatoms. The molecule has 0 aliphatic carbocycles. The van der Waals surface area contributed by atoms with E-state index in [2.05, 4.69) is 37.3 Å². The predicted octanol–water partition coefficient (Wildman–Crippen LogP) is 2.99. The Bertz CT molecular complexity index is 1170. The van der Waals surface area contributed by atoms with Crippen LogP contribution in [0.15, 0.2) is 65.9 Å². The number of amides is 1. The van der Waals surface area contributed by atoms with Crippen LogP contribution in [0.3, 0.4) is 0 Å². The summed E-state index contributed by atoms with van der Waals surface area (Å²) >= 11 is 0. The van der Waals surface area contributed by atoms with Gasteiger partial charge in [-0.25, -0.2) is 4.99 Å². The van der Waals surface area contributed by atoms with Gasteiger partial charge in [0.15, 0.2) is 5.82 Å². The van der Waals surface area contributed by atoms with E-state index in [1.165, 1.54) is 0 Å². The summed E-state index contributed by atoms with van der Waals surface area (Å²) in [6.45, 7) is 11.2. The van der Waals surface area contributed by atoms with Crippen molar-refractivity contribution >= 4 is 24.3 Å². The van der Waals surface area contributed by atoms with Gasteiger partial charge in [0.25, 0.3) is 5.91 Å². The lowest BCUT2D eigenvalue weighted by molar-refractivity contribution is 0.0383. The number of nitrogens with zero attached hydrogens (tertiary/aromatic N) is 5. The quantitative estimate of drug-likeness (QED) is 0.404. The first kappa shape index (κ1) is 25.3. The molecule has 3 aromatic rings. The molecule has 1 aliphatic rings. The Morgan fingerprint density at radius 1 is 1.14 bits per heavy atom. The normalized spacial score (nSPS) is 14.4. The van der Waals surface area contributed by atoms with Gasteiger partial charge in [-0.05, 0) is 49.5 Å². The van der Waals surface area contributed by atoms with E-state index < -0.39 is 0 Å². The highest BCUT2D eigenvalue weighted by molar-refractivity contribution is 5.94. The third kappa shape index (κ3) is 6.44. The number of aliphatic imine (C=N–C) groups is 1. The van der Waals surface area contributed by atoms with E-state index in [0.29, 0.717) is 24.5 Å². The van der Waals surface area contributed by atoms with Crippen molar-refractivity contribution in [3.8, 4) is 11.1 Å². The number of carbonyl (C=O) groups is 1. The maximum atomic E-state index is 12.6. The number of nitrogens with one attached hydrogen (secondary N) is 2. The lowest BCUT2D eigenvalue weighted by Crippen LogP contribution is -2.41. The molecule has 36 heavy (non-hydrogen) atoms. The number of morpholine rings is 1. The van der Waals surface area contributed by atoms with Crippen molar-refractivity contribution in [2.45, 2.75) is 13.3 Å². The van der Waals surface area contributed by atoms with Gasteiger partial charge in [0.1, 0.15) is 5.82 Å². The van der Waals surface area contributed by atoms with E-state index in [1.807, 2.05) is 55.5 Å². The Labute approximate surface area is 211 Å². The molecule has 0 unspecified atom stereocenters. The van der Waals surface area contributed by atoms with Crippen LogP contribution in [0.5, 0.6) is 0 Å². The number of pyridine rings is 1. The number of rotatable bonds is 11. The van der Waals surface area contributed by atoms with Crippen molar-refractivity contribution in [1.29, 1.82) is 0 Å². The van der Waals surface area contributed by atoms with E-state index in [9.17, 15) is 4.79 Å². The minimum Gasteiger partial charge on any atom is -0.379 e. The molecule has 2 aromatic heterocycles. The van der Waals surface area contributed by atoms with Gasteiger partial charge in [-0.1, -0.05) is 18.2 Å². The molecule has 188 valence electrons. The van der Waals surface area contributed by atoms with E-state index in [1.54, 1.807) is 17.1 Å². The van der Waals surface area contributed by atoms with Crippen LogP contribution in [0.2, 0.25) is 0 Å². The van der Waals surface area contributed by atoms with Gasteiger partial charge >= 0.3 is 0 Å². The highest BCUT2D eigenvalue weighted by Gasteiger charge is 2.15. The smallest absolute Gasteiger partial charge is 0.251 e. The zero-order valence-corrected chi connectivity index (χ0v) is 20.7. The molecule has 3 heterocycles. The standard InChI is InChI=1S/C27H33N7O2/c1-3-25(30-13-11-23-6-4-5-12-29-23)34-26(28-2)24(20-32-34)21-7-9-22(10-8-21)27(35)31-14-15-33-16-18-36-19-17-33/h3-10,12,20,30H,2,11,13-19H2,1H3,(H,31,35)/b25-3-. The number of allylic oxidation sites excluding steroid dienone is 1. The first-order valence-electron chi connectivity index (χ1n) is 12.2. The summed E-state index contributed by atoms with van der Waals surface area (Å²) in [4.78, 5) is 23.5. The number of benzene rings is 1. The van der Waals surface area contributed by atoms with Crippen molar-refractivity contribution in [1.82, 2.24) is 30.3 Å². The number of hydrogen-bond acceptors (Lipinski definition) is 7. The highest BCUT2D eigenvalue weighted by atomic mass is 16.5. The second-order valence-corrected chi connectivity index (χ2v) is 8.41. The Kier molecular flexibility index (Phi) is 8.96. The van der Waals surface area contributed by atoms with Gasteiger partial charge in [0.2, 0.25) is 0 Å². The minimum absolute atomic E-state index is 0.0825. The van der Waals surface area contributed by atoms with Crippen LogP contribution < -0.4 is 10.6 Å². The van der Waals surface area contributed by atoms with Gasteiger partial charge in [0.05, 0.1) is 19.4 Å². The largest absolute Gasteiger partial charge is 0.379 e. The summed E-state index contributed by atoms with van der Waals surface area (Å²) in [7, 11) is 0. The third-order valence-corrected chi connectivity index (χ3v) is 6.08. The second kappa shape index (κ2) is 12.8. The Hall–Kier alpha value is -3.82. The average Bonchev–Trinajstić information content (AvgIpc) is 3.36. The molecule has 9 nitrogen and oxygen atoms in total. The average molecular weight is 488 g/mol. The van der Waals surface area contributed by atoms with Gasteiger partial charge in [0, 0.05) is 62.2 Å². The molecule has 2 N–H and O–H groups in total. The van der Waals surface area contributed by atoms with Crippen molar-refractivity contribution < 1.29 is 9.53 Å². The fourth-order valence-corrected chi connectivity index (χ4v) is 4.09. The van der Waals surface area contributed by atoms with Crippen LogP contribution in [-0.4, -0.2) is 78.2 Å². The molecule has 1 amide bonds. The number of hydrogen-bond donors (Lipinski definition) is 2. The van der Waals surface area contributed by atoms with Crippen molar-refractivity contribution in [2.24, 2.45) is 4.99 Å². The zero-order chi connectivity index (χ0) is 25.2. The number of aromatic nitrogens is 3. The molecule has 0 bridgehead atoms. The first-order valence-corrected chi connectivity index (χ1v) is 12.2. The molecule has 1 fully saturated rings.